The van der Waals surface area contributed by atoms with Crippen LogP contribution in [0.1, 0.15) is 49.1 Å². The highest BCUT2D eigenvalue weighted by Gasteiger charge is 2.25. The van der Waals surface area contributed by atoms with Crippen LogP contribution in [0.2, 0.25) is 5.02 Å². The Morgan fingerprint density at radius 3 is 2.68 bits per heavy atom. The Kier molecular flexibility index (Phi) is 9.36. The summed E-state index contributed by atoms with van der Waals surface area (Å²) in [6, 6.07) is 14.3. The van der Waals surface area contributed by atoms with Gasteiger partial charge in [-0.25, -0.2) is 4.98 Å². The van der Waals surface area contributed by atoms with Crippen LogP contribution in [0.5, 0.6) is 5.75 Å². The molecule has 4 rings (SSSR count). The first-order chi connectivity index (χ1) is 18.3. The zero-order chi connectivity index (χ0) is 27.1. The SMILES string of the molecule is Cc1nc(C)c(C(=O)N2CCCCNC(=O)c3cc(Cl)ccc3OC[C@H](Cc3ccccc3)NC(=O)C2)s1. The highest BCUT2D eigenvalue weighted by molar-refractivity contribution is 7.13. The quantitative estimate of drug-likeness (QED) is 0.506. The van der Waals surface area contributed by atoms with Gasteiger partial charge in [0.05, 0.1) is 28.9 Å². The summed E-state index contributed by atoms with van der Waals surface area (Å²) >= 11 is 7.50. The number of amides is 3. The van der Waals surface area contributed by atoms with Crippen LogP contribution in [0.3, 0.4) is 0 Å². The number of ether oxygens (including phenoxy) is 1. The van der Waals surface area contributed by atoms with Crippen LogP contribution in [-0.2, 0) is 11.2 Å². The van der Waals surface area contributed by atoms with Crippen LogP contribution >= 0.6 is 22.9 Å². The highest BCUT2D eigenvalue weighted by Crippen LogP contribution is 2.24. The Bertz CT molecular complexity index is 1300. The molecule has 0 radical (unpaired) electrons. The van der Waals surface area contributed by atoms with Gasteiger partial charge in [0, 0.05) is 18.1 Å². The molecule has 2 heterocycles. The number of rotatable bonds is 3. The molecular formula is C28H31ClN4O4S. The van der Waals surface area contributed by atoms with E-state index in [0.717, 1.165) is 10.6 Å². The monoisotopic (exact) mass is 554 g/mol. The summed E-state index contributed by atoms with van der Waals surface area (Å²) in [6.07, 6.45) is 1.76. The third-order valence-electron chi connectivity index (χ3n) is 6.18. The van der Waals surface area contributed by atoms with E-state index in [1.807, 2.05) is 37.3 Å². The largest absolute Gasteiger partial charge is 0.491 e. The van der Waals surface area contributed by atoms with Crippen molar-refractivity contribution in [1.29, 1.82) is 0 Å². The fourth-order valence-corrected chi connectivity index (χ4v) is 5.40. The molecule has 3 amide bonds. The number of halogens is 1. The van der Waals surface area contributed by atoms with Gasteiger partial charge in [0.15, 0.2) is 0 Å². The lowest BCUT2D eigenvalue weighted by molar-refractivity contribution is -0.122. The lowest BCUT2D eigenvalue weighted by atomic mass is 10.1. The Hall–Kier alpha value is -3.43. The van der Waals surface area contributed by atoms with Gasteiger partial charge < -0.3 is 20.3 Å². The number of nitrogens with zero attached hydrogens (tertiary/aromatic N) is 2. The van der Waals surface area contributed by atoms with Crippen molar-refractivity contribution in [2.24, 2.45) is 0 Å². The van der Waals surface area contributed by atoms with E-state index >= 15 is 0 Å². The number of carbonyl (C=O) groups is 3. The molecule has 0 saturated carbocycles. The van der Waals surface area contributed by atoms with E-state index in [-0.39, 0.29) is 30.9 Å². The molecule has 10 heteroatoms. The normalized spacial score (nSPS) is 17.3. The van der Waals surface area contributed by atoms with E-state index < -0.39 is 6.04 Å². The summed E-state index contributed by atoms with van der Waals surface area (Å²) in [5.74, 6) is -0.386. The number of carbonyl (C=O) groups excluding carboxylic acids is 3. The van der Waals surface area contributed by atoms with Gasteiger partial charge in [0.1, 0.15) is 17.2 Å². The summed E-state index contributed by atoms with van der Waals surface area (Å²) in [4.78, 5) is 46.0. The number of benzene rings is 2. The Morgan fingerprint density at radius 1 is 1.16 bits per heavy atom. The molecule has 1 atom stereocenters. The Balaban J connectivity index is 1.59. The molecular weight excluding hydrogens is 524 g/mol. The van der Waals surface area contributed by atoms with Crippen LogP contribution in [0.4, 0.5) is 0 Å². The van der Waals surface area contributed by atoms with E-state index in [1.165, 1.54) is 11.3 Å². The molecule has 2 N–H and O–H groups in total. The second kappa shape index (κ2) is 12.9. The maximum Gasteiger partial charge on any atom is 0.266 e. The molecule has 2 aromatic carbocycles. The minimum absolute atomic E-state index is 0.0843. The van der Waals surface area contributed by atoms with E-state index in [1.54, 1.807) is 30.0 Å². The average molecular weight is 555 g/mol. The van der Waals surface area contributed by atoms with Crippen molar-refractivity contribution in [3.05, 3.63) is 80.3 Å². The van der Waals surface area contributed by atoms with Gasteiger partial charge in [-0.15, -0.1) is 11.3 Å². The van der Waals surface area contributed by atoms with Crippen molar-refractivity contribution >= 4 is 40.7 Å². The van der Waals surface area contributed by atoms with Gasteiger partial charge in [-0.05, 0) is 56.9 Å². The van der Waals surface area contributed by atoms with E-state index in [4.69, 9.17) is 16.3 Å². The first kappa shape index (κ1) is 27.6. The van der Waals surface area contributed by atoms with Gasteiger partial charge in [-0.3, -0.25) is 14.4 Å². The number of aromatic nitrogens is 1. The molecule has 38 heavy (non-hydrogen) atoms. The maximum atomic E-state index is 13.4. The number of fused-ring (bicyclic) bond motifs is 1. The zero-order valence-corrected chi connectivity index (χ0v) is 23.0. The van der Waals surface area contributed by atoms with Gasteiger partial charge in [0.2, 0.25) is 5.91 Å². The number of thiazole rings is 1. The Labute approximate surface area is 231 Å². The minimum atomic E-state index is -0.397. The van der Waals surface area contributed by atoms with Gasteiger partial charge >= 0.3 is 0 Å². The van der Waals surface area contributed by atoms with Crippen LogP contribution in [0, 0.1) is 13.8 Å². The molecule has 8 nitrogen and oxygen atoms in total. The molecule has 0 saturated heterocycles. The molecule has 1 aliphatic rings. The summed E-state index contributed by atoms with van der Waals surface area (Å²) in [5, 5.41) is 7.19. The van der Waals surface area contributed by atoms with E-state index in [2.05, 4.69) is 15.6 Å². The molecule has 3 aromatic rings. The first-order valence-corrected chi connectivity index (χ1v) is 13.8. The number of nitrogens with one attached hydrogen (secondary N) is 2. The summed E-state index contributed by atoms with van der Waals surface area (Å²) in [7, 11) is 0. The predicted octanol–water partition coefficient (Wildman–Crippen LogP) is 4.19. The van der Waals surface area contributed by atoms with Crippen LogP contribution in [-0.4, -0.2) is 59.9 Å². The fraction of sp³-hybridized carbons (Fsp3) is 0.357. The number of hydrogen-bond donors (Lipinski definition) is 2. The van der Waals surface area contributed by atoms with Gasteiger partial charge in [-0.2, -0.15) is 0 Å². The average Bonchev–Trinajstić information content (AvgIpc) is 3.23. The highest BCUT2D eigenvalue weighted by atomic mass is 35.5. The second-order valence-electron chi connectivity index (χ2n) is 9.24. The summed E-state index contributed by atoms with van der Waals surface area (Å²) < 4.78 is 6.06. The molecule has 200 valence electrons. The van der Waals surface area contributed by atoms with E-state index in [9.17, 15) is 14.4 Å². The molecule has 0 fully saturated rings. The lowest BCUT2D eigenvalue weighted by Gasteiger charge is -2.24. The topological polar surface area (TPSA) is 101 Å². The molecule has 1 aliphatic heterocycles. The van der Waals surface area contributed by atoms with Crippen LogP contribution in [0.25, 0.3) is 0 Å². The van der Waals surface area contributed by atoms with Gasteiger partial charge in [-0.1, -0.05) is 41.9 Å². The molecule has 0 bridgehead atoms. The third kappa shape index (κ3) is 7.33. The number of aryl methyl sites for hydroxylation is 2. The fourth-order valence-electron chi connectivity index (χ4n) is 4.34. The third-order valence-corrected chi connectivity index (χ3v) is 7.47. The molecule has 1 aromatic heterocycles. The predicted molar refractivity (Wildman–Crippen MR) is 148 cm³/mol. The smallest absolute Gasteiger partial charge is 0.266 e. The summed E-state index contributed by atoms with van der Waals surface area (Å²) in [6.45, 7) is 4.49. The summed E-state index contributed by atoms with van der Waals surface area (Å²) in [5.41, 5.74) is 2.02. The molecule has 0 unspecified atom stereocenters. The zero-order valence-electron chi connectivity index (χ0n) is 21.5. The maximum absolute atomic E-state index is 13.4. The second-order valence-corrected chi connectivity index (χ2v) is 10.9. The molecule has 0 spiro atoms. The van der Waals surface area contributed by atoms with Crippen molar-refractivity contribution < 1.29 is 19.1 Å². The minimum Gasteiger partial charge on any atom is -0.491 e. The van der Waals surface area contributed by atoms with Crippen molar-refractivity contribution in [2.45, 2.75) is 39.2 Å². The van der Waals surface area contributed by atoms with Crippen LogP contribution < -0.4 is 15.4 Å². The molecule has 0 aliphatic carbocycles. The lowest BCUT2D eigenvalue weighted by Crippen LogP contribution is -2.47. The van der Waals surface area contributed by atoms with Gasteiger partial charge in [0.25, 0.3) is 11.8 Å². The van der Waals surface area contributed by atoms with Crippen molar-refractivity contribution in [3.8, 4) is 5.75 Å². The first-order valence-electron chi connectivity index (χ1n) is 12.6. The number of hydrogen-bond acceptors (Lipinski definition) is 6. The van der Waals surface area contributed by atoms with Crippen molar-refractivity contribution in [2.75, 3.05) is 26.2 Å². The standard InChI is InChI=1S/C28H31ClN4O4S/c1-18-26(38-19(2)31-18)28(36)33-13-7-6-12-30-27(35)23-15-21(29)10-11-24(23)37-17-22(32-25(34)16-33)14-20-8-4-3-5-9-20/h3-5,8-11,15,22H,6-7,12-14,16-17H2,1-2H3,(H,30,35)(H,32,34)/t22-/m0/s1. The Morgan fingerprint density at radius 2 is 1.95 bits per heavy atom. The van der Waals surface area contributed by atoms with E-state index in [0.29, 0.717) is 59.3 Å². The van der Waals surface area contributed by atoms with Crippen molar-refractivity contribution in [1.82, 2.24) is 20.5 Å². The van der Waals surface area contributed by atoms with Crippen LogP contribution in [0.15, 0.2) is 48.5 Å². The van der Waals surface area contributed by atoms with Crippen molar-refractivity contribution in [3.63, 3.8) is 0 Å².